The van der Waals surface area contributed by atoms with Gasteiger partial charge in [-0.1, -0.05) is 6.07 Å². The summed E-state index contributed by atoms with van der Waals surface area (Å²) in [7, 11) is 0. The van der Waals surface area contributed by atoms with Gasteiger partial charge in [-0.15, -0.1) is 11.3 Å². The lowest BCUT2D eigenvalue weighted by atomic mass is 9.86. The van der Waals surface area contributed by atoms with Crippen LogP contribution in [0.4, 0.5) is 0 Å². The first-order valence-electron chi connectivity index (χ1n) is 7.06. The van der Waals surface area contributed by atoms with Crippen molar-refractivity contribution < 1.29 is 14.7 Å². The highest BCUT2D eigenvalue weighted by molar-refractivity contribution is 7.11. The largest absolute Gasteiger partial charge is 0.476 e. The van der Waals surface area contributed by atoms with Crippen LogP contribution in [0.25, 0.3) is 0 Å². The molecule has 1 amide bonds. The molecule has 1 atom stereocenters. The number of nitrogens with one attached hydrogen (secondary N) is 1. The molecule has 1 aliphatic rings. The van der Waals surface area contributed by atoms with E-state index in [9.17, 15) is 9.59 Å². The summed E-state index contributed by atoms with van der Waals surface area (Å²) >= 11 is 0.952. The summed E-state index contributed by atoms with van der Waals surface area (Å²) < 4.78 is 0. The van der Waals surface area contributed by atoms with Crippen molar-refractivity contribution >= 4 is 23.2 Å². The van der Waals surface area contributed by atoms with Crippen LogP contribution in [0.2, 0.25) is 0 Å². The van der Waals surface area contributed by atoms with Gasteiger partial charge in [-0.05, 0) is 30.9 Å². The number of carbonyl (C=O) groups is 2. The Hall–Kier alpha value is -2.28. The fraction of sp³-hybridized carbons (Fsp3) is 0.333. The van der Waals surface area contributed by atoms with Gasteiger partial charge >= 0.3 is 5.97 Å². The van der Waals surface area contributed by atoms with Crippen molar-refractivity contribution in [2.24, 2.45) is 0 Å². The summed E-state index contributed by atoms with van der Waals surface area (Å²) in [6.07, 6.45) is 4.88. The maximum Gasteiger partial charge on any atom is 0.365 e. The molecule has 7 heteroatoms. The number of hydrogen-bond acceptors (Lipinski definition) is 5. The normalized spacial score (nSPS) is 16.8. The number of carboxylic acids is 1. The zero-order valence-electron chi connectivity index (χ0n) is 11.8. The van der Waals surface area contributed by atoms with Crippen LogP contribution >= 0.6 is 11.3 Å². The van der Waals surface area contributed by atoms with Gasteiger partial charge in [0.15, 0.2) is 0 Å². The molecule has 3 rings (SSSR count). The third kappa shape index (κ3) is 2.99. The number of nitrogens with zero attached hydrogens (tertiary/aromatic N) is 2. The molecular weight excluding hydrogens is 302 g/mol. The monoisotopic (exact) mass is 317 g/mol. The molecule has 0 fully saturated rings. The van der Waals surface area contributed by atoms with Crippen LogP contribution in [0.3, 0.4) is 0 Å². The lowest BCUT2D eigenvalue weighted by molar-refractivity contribution is 0.0696. The first-order chi connectivity index (χ1) is 10.6. The van der Waals surface area contributed by atoms with Crippen molar-refractivity contribution in [1.82, 2.24) is 15.3 Å². The Balaban J connectivity index is 1.65. The molecule has 2 aromatic heterocycles. The van der Waals surface area contributed by atoms with Crippen molar-refractivity contribution in [2.45, 2.75) is 25.2 Å². The topological polar surface area (TPSA) is 92.2 Å². The van der Waals surface area contributed by atoms with Gasteiger partial charge in [-0.3, -0.25) is 9.78 Å². The number of amides is 1. The molecule has 0 radical (unpaired) electrons. The molecule has 2 N–H and O–H groups in total. The Morgan fingerprint density at radius 1 is 1.45 bits per heavy atom. The van der Waals surface area contributed by atoms with E-state index < -0.39 is 5.97 Å². The molecule has 0 aromatic carbocycles. The Labute approximate surface area is 131 Å². The number of aromatic nitrogens is 2. The fourth-order valence-electron chi connectivity index (χ4n) is 2.69. The molecule has 0 spiro atoms. The molecule has 2 aromatic rings. The highest BCUT2D eigenvalue weighted by atomic mass is 32.1. The van der Waals surface area contributed by atoms with Crippen LogP contribution in [0.5, 0.6) is 0 Å². The van der Waals surface area contributed by atoms with Crippen molar-refractivity contribution in [3.8, 4) is 0 Å². The molecular formula is C15H15N3O3S. The second kappa shape index (κ2) is 6.23. The summed E-state index contributed by atoms with van der Waals surface area (Å²) in [6.45, 7) is 0.489. The van der Waals surface area contributed by atoms with E-state index in [-0.39, 0.29) is 22.5 Å². The van der Waals surface area contributed by atoms with Gasteiger partial charge in [0, 0.05) is 29.7 Å². The number of aromatic carboxylic acids is 1. The van der Waals surface area contributed by atoms with Gasteiger partial charge in [0.2, 0.25) is 5.01 Å². The standard InChI is InChI=1S/C15H15N3O3S/c19-13(11-8-22-14(18-11)15(20)21)17-7-10-4-1-3-9-5-2-6-16-12(9)10/h2,5-6,8,10H,1,3-4,7H2,(H,17,19)(H,20,21). The molecule has 6 nitrogen and oxygen atoms in total. The molecule has 0 saturated carbocycles. The highest BCUT2D eigenvalue weighted by Crippen LogP contribution is 2.29. The average molecular weight is 317 g/mol. The summed E-state index contributed by atoms with van der Waals surface area (Å²) in [5.41, 5.74) is 2.45. The molecule has 114 valence electrons. The SMILES string of the molecule is O=C(NCC1CCCc2cccnc21)c1csc(C(=O)O)n1. The number of pyridine rings is 1. The van der Waals surface area contributed by atoms with E-state index in [1.54, 1.807) is 6.20 Å². The summed E-state index contributed by atoms with van der Waals surface area (Å²) in [4.78, 5) is 31.1. The van der Waals surface area contributed by atoms with E-state index in [0.717, 1.165) is 36.3 Å². The molecule has 22 heavy (non-hydrogen) atoms. The third-order valence-corrected chi connectivity index (χ3v) is 4.57. The Kier molecular flexibility index (Phi) is 4.15. The number of fused-ring (bicyclic) bond motifs is 1. The summed E-state index contributed by atoms with van der Waals surface area (Å²) in [6, 6.07) is 4.01. The number of hydrogen-bond donors (Lipinski definition) is 2. The van der Waals surface area contributed by atoms with E-state index in [2.05, 4.69) is 21.4 Å². The number of carbonyl (C=O) groups excluding carboxylic acids is 1. The van der Waals surface area contributed by atoms with Crippen LogP contribution in [0.15, 0.2) is 23.7 Å². The number of thiazole rings is 1. The van der Waals surface area contributed by atoms with Gasteiger partial charge in [0.1, 0.15) is 5.69 Å². The van der Waals surface area contributed by atoms with Crippen molar-refractivity contribution in [3.05, 3.63) is 45.7 Å². The smallest absolute Gasteiger partial charge is 0.365 e. The van der Waals surface area contributed by atoms with Crippen molar-refractivity contribution in [3.63, 3.8) is 0 Å². The molecule has 0 bridgehead atoms. The molecule has 1 aliphatic carbocycles. The number of carboxylic acid groups (broad SMARTS) is 1. The van der Waals surface area contributed by atoms with E-state index in [4.69, 9.17) is 5.11 Å². The molecule has 0 aliphatic heterocycles. The Bertz CT molecular complexity index is 714. The lowest BCUT2D eigenvalue weighted by Crippen LogP contribution is -2.30. The van der Waals surface area contributed by atoms with E-state index in [0.29, 0.717) is 6.54 Å². The molecule has 2 heterocycles. The minimum atomic E-state index is -1.12. The first-order valence-corrected chi connectivity index (χ1v) is 7.94. The first kappa shape index (κ1) is 14.6. The lowest BCUT2D eigenvalue weighted by Gasteiger charge is -2.24. The second-order valence-corrected chi connectivity index (χ2v) is 6.05. The zero-order valence-corrected chi connectivity index (χ0v) is 12.6. The molecule has 0 saturated heterocycles. The molecule has 1 unspecified atom stereocenters. The summed E-state index contributed by atoms with van der Waals surface area (Å²) in [5, 5.41) is 13.1. The fourth-order valence-corrected chi connectivity index (χ4v) is 3.32. The van der Waals surface area contributed by atoms with Crippen molar-refractivity contribution in [1.29, 1.82) is 0 Å². The number of rotatable bonds is 4. The van der Waals surface area contributed by atoms with Crippen LogP contribution in [0, 0.1) is 0 Å². The van der Waals surface area contributed by atoms with E-state index in [1.165, 1.54) is 10.9 Å². The van der Waals surface area contributed by atoms with Gasteiger partial charge in [0.05, 0.1) is 0 Å². The van der Waals surface area contributed by atoms with Gasteiger partial charge in [-0.2, -0.15) is 0 Å². The minimum Gasteiger partial charge on any atom is -0.476 e. The van der Waals surface area contributed by atoms with E-state index >= 15 is 0 Å². The minimum absolute atomic E-state index is 0.0742. The van der Waals surface area contributed by atoms with Gasteiger partial charge in [0.25, 0.3) is 5.91 Å². The maximum absolute atomic E-state index is 12.1. The number of aryl methyl sites for hydroxylation is 1. The van der Waals surface area contributed by atoms with E-state index in [1.807, 2.05) is 6.07 Å². The predicted octanol–water partition coefficient (Wildman–Crippen LogP) is 2.09. The Morgan fingerprint density at radius 3 is 3.09 bits per heavy atom. The van der Waals surface area contributed by atoms with Crippen LogP contribution in [-0.2, 0) is 6.42 Å². The average Bonchev–Trinajstić information content (AvgIpc) is 3.03. The van der Waals surface area contributed by atoms with Gasteiger partial charge < -0.3 is 10.4 Å². The second-order valence-electron chi connectivity index (χ2n) is 5.19. The van der Waals surface area contributed by atoms with Crippen LogP contribution in [0.1, 0.15) is 50.3 Å². The Morgan fingerprint density at radius 2 is 2.32 bits per heavy atom. The maximum atomic E-state index is 12.1. The van der Waals surface area contributed by atoms with Crippen molar-refractivity contribution in [2.75, 3.05) is 6.54 Å². The van der Waals surface area contributed by atoms with Gasteiger partial charge in [-0.25, -0.2) is 9.78 Å². The van der Waals surface area contributed by atoms with Crippen LogP contribution in [-0.4, -0.2) is 33.5 Å². The zero-order chi connectivity index (χ0) is 15.5. The van der Waals surface area contributed by atoms with Crippen LogP contribution < -0.4 is 5.32 Å². The predicted molar refractivity (Wildman–Crippen MR) is 81.3 cm³/mol. The highest BCUT2D eigenvalue weighted by Gasteiger charge is 2.22. The summed E-state index contributed by atoms with van der Waals surface area (Å²) in [5.74, 6) is -1.26. The third-order valence-electron chi connectivity index (χ3n) is 3.74. The quantitative estimate of drug-likeness (QED) is 0.901.